The lowest BCUT2D eigenvalue weighted by molar-refractivity contribution is -0.136. The molecule has 2 aromatic carbocycles. The van der Waals surface area contributed by atoms with Crippen molar-refractivity contribution in [3.63, 3.8) is 0 Å². The number of oxazole rings is 1. The summed E-state index contributed by atoms with van der Waals surface area (Å²) >= 11 is 0. The number of aryl methyl sites for hydroxylation is 2. The molecule has 1 amide bonds. The SMILES string of the molecule is Cc1oc(-c2ccccc2)nc1CCOc1ccc(CCC(=O)O)c(CNC(=O)OC(C)C)c1. The largest absolute Gasteiger partial charge is 0.493 e. The van der Waals surface area contributed by atoms with Gasteiger partial charge in [-0.1, -0.05) is 24.3 Å². The highest BCUT2D eigenvalue weighted by Crippen LogP contribution is 2.23. The first-order valence-electron chi connectivity index (χ1n) is 11.2. The van der Waals surface area contributed by atoms with Crippen LogP contribution < -0.4 is 10.1 Å². The summed E-state index contributed by atoms with van der Waals surface area (Å²) in [6, 6.07) is 15.2. The van der Waals surface area contributed by atoms with Crippen molar-refractivity contribution in [3.05, 3.63) is 71.1 Å². The Labute approximate surface area is 198 Å². The van der Waals surface area contributed by atoms with Gasteiger partial charge in [-0.2, -0.15) is 0 Å². The maximum Gasteiger partial charge on any atom is 0.407 e. The van der Waals surface area contributed by atoms with Crippen LogP contribution in [0, 0.1) is 6.92 Å². The van der Waals surface area contributed by atoms with Crippen LogP contribution in [0.1, 0.15) is 42.8 Å². The summed E-state index contributed by atoms with van der Waals surface area (Å²) in [5, 5.41) is 11.7. The average Bonchev–Trinajstić information content (AvgIpc) is 3.17. The van der Waals surface area contributed by atoms with Crippen molar-refractivity contribution in [2.75, 3.05) is 6.61 Å². The lowest BCUT2D eigenvalue weighted by atomic mass is 10.0. The number of amides is 1. The van der Waals surface area contributed by atoms with Gasteiger partial charge in [0.25, 0.3) is 0 Å². The molecule has 0 aliphatic heterocycles. The fourth-order valence-electron chi connectivity index (χ4n) is 3.39. The number of aliphatic carboxylic acids is 1. The molecule has 34 heavy (non-hydrogen) atoms. The average molecular weight is 467 g/mol. The van der Waals surface area contributed by atoms with Gasteiger partial charge in [-0.05, 0) is 62.6 Å². The van der Waals surface area contributed by atoms with E-state index in [-0.39, 0.29) is 19.1 Å². The summed E-state index contributed by atoms with van der Waals surface area (Å²) < 4.78 is 16.8. The van der Waals surface area contributed by atoms with E-state index in [1.54, 1.807) is 19.9 Å². The Kier molecular flexibility index (Phi) is 8.67. The highest BCUT2D eigenvalue weighted by atomic mass is 16.6. The number of carbonyl (C=O) groups excluding carboxylic acids is 1. The van der Waals surface area contributed by atoms with Gasteiger partial charge in [0, 0.05) is 24.9 Å². The van der Waals surface area contributed by atoms with Crippen LogP contribution in [-0.2, 0) is 28.9 Å². The summed E-state index contributed by atoms with van der Waals surface area (Å²) in [5.74, 6) is 1.08. The maximum atomic E-state index is 11.9. The van der Waals surface area contributed by atoms with E-state index in [0.29, 0.717) is 31.1 Å². The monoisotopic (exact) mass is 466 g/mol. The third-order valence-electron chi connectivity index (χ3n) is 5.07. The Hall–Kier alpha value is -3.81. The first-order valence-corrected chi connectivity index (χ1v) is 11.2. The summed E-state index contributed by atoms with van der Waals surface area (Å²) in [4.78, 5) is 27.5. The van der Waals surface area contributed by atoms with Gasteiger partial charge in [-0.15, -0.1) is 0 Å². The number of carboxylic acid groups (broad SMARTS) is 1. The number of alkyl carbamates (subject to hydrolysis) is 1. The fraction of sp³-hybridized carbons (Fsp3) is 0.346. The molecule has 0 saturated heterocycles. The Bertz CT molecular complexity index is 1110. The van der Waals surface area contributed by atoms with E-state index in [2.05, 4.69) is 10.3 Å². The highest BCUT2D eigenvalue weighted by Gasteiger charge is 2.13. The van der Waals surface area contributed by atoms with Gasteiger partial charge >= 0.3 is 12.1 Å². The van der Waals surface area contributed by atoms with Gasteiger partial charge < -0.3 is 24.3 Å². The Morgan fingerprint density at radius 1 is 1.09 bits per heavy atom. The third kappa shape index (κ3) is 7.37. The molecule has 0 spiro atoms. The van der Waals surface area contributed by atoms with Crippen molar-refractivity contribution in [2.45, 2.75) is 52.7 Å². The lowest BCUT2D eigenvalue weighted by Crippen LogP contribution is -2.26. The molecule has 0 fully saturated rings. The summed E-state index contributed by atoms with van der Waals surface area (Å²) in [6.07, 6.45) is 0.159. The number of hydrogen-bond acceptors (Lipinski definition) is 6. The number of carbonyl (C=O) groups is 2. The lowest BCUT2D eigenvalue weighted by Gasteiger charge is -2.14. The Morgan fingerprint density at radius 3 is 2.56 bits per heavy atom. The number of aromatic nitrogens is 1. The van der Waals surface area contributed by atoms with E-state index in [9.17, 15) is 9.59 Å². The number of nitrogens with zero attached hydrogens (tertiary/aromatic N) is 1. The van der Waals surface area contributed by atoms with Crippen LogP contribution in [0.3, 0.4) is 0 Å². The quantitative estimate of drug-likeness (QED) is 0.412. The first kappa shape index (κ1) is 24.8. The number of carboxylic acids is 1. The molecule has 0 atom stereocenters. The van der Waals surface area contributed by atoms with Crippen molar-refractivity contribution in [1.82, 2.24) is 10.3 Å². The van der Waals surface area contributed by atoms with E-state index in [4.69, 9.17) is 19.0 Å². The predicted molar refractivity (Wildman–Crippen MR) is 127 cm³/mol. The molecule has 8 nitrogen and oxygen atoms in total. The molecule has 0 radical (unpaired) electrons. The van der Waals surface area contributed by atoms with Crippen LogP contribution in [0.2, 0.25) is 0 Å². The minimum absolute atomic E-state index is 0.00116. The topological polar surface area (TPSA) is 111 Å². The van der Waals surface area contributed by atoms with Gasteiger partial charge in [-0.3, -0.25) is 4.79 Å². The van der Waals surface area contributed by atoms with Crippen molar-refractivity contribution >= 4 is 12.1 Å². The molecule has 0 bridgehead atoms. The molecular formula is C26H30N2O6. The van der Waals surface area contributed by atoms with E-state index in [1.807, 2.05) is 49.4 Å². The number of benzene rings is 2. The van der Waals surface area contributed by atoms with Gasteiger partial charge in [-0.25, -0.2) is 9.78 Å². The van der Waals surface area contributed by atoms with Gasteiger partial charge in [0.05, 0.1) is 18.4 Å². The van der Waals surface area contributed by atoms with Crippen molar-refractivity contribution in [2.24, 2.45) is 0 Å². The maximum absolute atomic E-state index is 11.9. The van der Waals surface area contributed by atoms with E-state index >= 15 is 0 Å². The zero-order valence-electron chi connectivity index (χ0n) is 19.7. The molecule has 8 heteroatoms. The zero-order valence-corrected chi connectivity index (χ0v) is 19.7. The Balaban J connectivity index is 1.64. The second-order valence-corrected chi connectivity index (χ2v) is 8.12. The first-order chi connectivity index (χ1) is 16.3. The number of ether oxygens (including phenoxy) is 2. The number of hydrogen-bond donors (Lipinski definition) is 2. The second-order valence-electron chi connectivity index (χ2n) is 8.12. The molecule has 0 aliphatic carbocycles. The minimum Gasteiger partial charge on any atom is -0.493 e. The highest BCUT2D eigenvalue weighted by molar-refractivity contribution is 5.68. The van der Waals surface area contributed by atoms with Crippen LogP contribution in [0.4, 0.5) is 4.79 Å². The van der Waals surface area contributed by atoms with Gasteiger partial charge in [0.2, 0.25) is 5.89 Å². The molecule has 3 aromatic rings. The van der Waals surface area contributed by atoms with Gasteiger partial charge in [0.1, 0.15) is 11.5 Å². The molecule has 1 aromatic heterocycles. The van der Waals surface area contributed by atoms with Crippen LogP contribution in [0.5, 0.6) is 5.75 Å². The molecule has 1 heterocycles. The van der Waals surface area contributed by atoms with Gasteiger partial charge in [0.15, 0.2) is 0 Å². The van der Waals surface area contributed by atoms with Crippen molar-refractivity contribution in [1.29, 1.82) is 0 Å². The zero-order chi connectivity index (χ0) is 24.5. The summed E-state index contributed by atoms with van der Waals surface area (Å²) in [7, 11) is 0. The Morgan fingerprint density at radius 2 is 1.85 bits per heavy atom. The molecule has 0 aliphatic rings. The van der Waals surface area contributed by atoms with Crippen molar-refractivity contribution in [3.8, 4) is 17.2 Å². The van der Waals surface area contributed by atoms with Crippen molar-refractivity contribution < 1.29 is 28.6 Å². The fourth-order valence-corrected chi connectivity index (χ4v) is 3.39. The summed E-state index contributed by atoms with van der Waals surface area (Å²) in [5.41, 5.74) is 3.36. The molecule has 180 valence electrons. The number of rotatable bonds is 11. The van der Waals surface area contributed by atoms with E-state index < -0.39 is 12.1 Å². The standard InChI is InChI=1S/C26H30N2O6/c1-17(2)33-26(31)27-16-21-15-22(11-9-19(21)10-12-24(29)30)32-14-13-23-18(3)34-25(28-23)20-7-5-4-6-8-20/h4-9,11,15,17H,10,12-14,16H2,1-3H3,(H,27,31)(H,29,30). The second kappa shape index (κ2) is 11.9. The minimum atomic E-state index is -0.878. The number of nitrogens with one attached hydrogen (secondary N) is 1. The van der Waals surface area contributed by atoms with Crippen LogP contribution in [0.25, 0.3) is 11.5 Å². The summed E-state index contributed by atoms with van der Waals surface area (Å²) in [6.45, 7) is 6.02. The van der Waals surface area contributed by atoms with E-state index in [1.165, 1.54) is 0 Å². The molecule has 0 unspecified atom stereocenters. The van der Waals surface area contributed by atoms with Crippen LogP contribution in [-0.4, -0.2) is 34.9 Å². The third-order valence-corrected chi connectivity index (χ3v) is 5.07. The van der Waals surface area contributed by atoms with Crippen LogP contribution >= 0.6 is 0 Å². The smallest absolute Gasteiger partial charge is 0.407 e. The van der Waals surface area contributed by atoms with Crippen LogP contribution in [0.15, 0.2) is 52.9 Å². The predicted octanol–water partition coefficient (Wildman–Crippen LogP) is 4.92. The molecule has 2 N–H and O–H groups in total. The molecule has 3 rings (SSSR count). The molecular weight excluding hydrogens is 436 g/mol. The normalized spacial score (nSPS) is 10.8. The molecule has 0 saturated carbocycles. The van der Waals surface area contributed by atoms with E-state index in [0.717, 1.165) is 28.1 Å².